The second-order valence-corrected chi connectivity index (χ2v) is 6.30. The minimum atomic E-state index is -0.515. The standard InChI is InChI=1S/C15H29NO3/c1-8-13(17)12(4)11(3)10(2)9-16-14(18)19-15(5,6)7/h8,10-13,17H,1,9H2,2-7H3,(H,16,18)/t10-,11+,12+,13?/m0/s1. The maximum atomic E-state index is 11.5. The van der Waals surface area contributed by atoms with Gasteiger partial charge in [0.05, 0.1) is 6.10 Å². The number of rotatable bonds is 6. The molecule has 0 aliphatic carbocycles. The molecule has 0 bridgehead atoms. The number of carbonyl (C=O) groups is 1. The quantitative estimate of drug-likeness (QED) is 0.730. The first kappa shape index (κ1) is 18.0. The van der Waals surface area contributed by atoms with E-state index >= 15 is 0 Å². The van der Waals surface area contributed by atoms with Crippen LogP contribution in [0.25, 0.3) is 0 Å². The van der Waals surface area contributed by atoms with E-state index < -0.39 is 17.8 Å². The second kappa shape index (κ2) is 7.53. The van der Waals surface area contributed by atoms with Crippen LogP contribution in [0.4, 0.5) is 4.79 Å². The zero-order valence-electron chi connectivity index (χ0n) is 13.1. The maximum Gasteiger partial charge on any atom is 0.407 e. The van der Waals surface area contributed by atoms with Crippen molar-refractivity contribution in [3.05, 3.63) is 12.7 Å². The molecule has 0 rings (SSSR count). The van der Waals surface area contributed by atoms with E-state index in [9.17, 15) is 9.90 Å². The first-order chi connectivity index (χ1) is 8.58. The average molecular weight is 271 g/mol. The average Bonchev–Trinajstić information content (AvgIpc) is 2.30. The Bertz CT molecular complexity index is 296. The van der Waals surface area contributed by atoms with Gasteiger partial charge in [-0.2, -0.15) is 0 Å². The zero-order chi connectivity index (χ0) is 15.2. The number of ether oxygens (including phenoxy) is 1. The van der Waals surface area contributed by atoms with Gasteiger partial charge in [-0.25, -0.2) is 4.79 Å². The van der Waals surface area contributed by atoms with Crippen LogP contribution in [0, 0.1) is 17.8 Å². The first-order valence-corrected chi connectivity index (χ1v) is 6.86. The molecule has 0 saturated carbocycles. The molecule has 0 radical (unpaired) electrons. The first-order valence-electron chi connectivity index (χ1n) is 6.86. The third-order valence-electron chi connectivity index (χ3n) is 3.47. The van der Waals surface area contributed by atoms with Crippen molar-refractivity contribution in [2.75, 3.05) is 6.54 Å². The molecule has 0 heterocycles. The molecule has 1 unspecified atom stereocenters. The van der Waals surface area contributed by atoms with E-state index in [1.807, 2.05) is 34.6 Å². The summed E-state index contributed by atoms with van der Waals surface area (Å²) in [5, 5.41) is 12.5. The fourth-order valence-electron chi connectivity index (χ4n) is 1.79. The van der Waals surface area contributed by atoms with Crippen molar-refractivity contribution in [2.45, 2.75) is 53.2 Å². The molecule has 1 amide bonds. The number of aliphatic hydroxyl groups excluding tert-OH is 1. The number of amides is 1. The Hall–Kier alpha value is -1.03. The van der Waals surface area contributed by atoms with Gasteiger partial charge in [0.15, 0.2) is 0 Å². The zero-order valence-corrected chi connectivity index (χ0v) is 13.1. The summed E-state index contributed by atoms with van der Waals surface area (Å²) in [6, 6.07) is 0. The molecule has 0 aromatic rings. The summed E-state index contributed by atoms with van der Waals surface area (Å²) >= 11 is 0. The van der Waals surface area contributed by atoms with Crippen molar-refractivity contribution in [3.8, 4) is 0 Å². The highest BCUT2D eigenvalue weighted by molar-refractivity contribution is 5.67. The number of nitrogens with one attached hydrogen (secondary N) is 1. The Balaban J connectivity index is 4.20. The van der Waals surface area contributed by atoms with Crippen LogP contribution in [0.3, 0.4) is 0 Å². The van der Waals surface area contributed by atoms with Crippen LogP contribution in [-0.4, -0.2) is 29.4 Å². The topological polar surface area (TPSA) is 58.6 Å². The fourth-order valence-corrected chi connectivity index (χ4v) is 1.79. The van der Waals surface area contributed by atoms with Gasteiger partial charge in [-0.3, -0.25) is 0 Å². The number of aliphatic hydroxyl groups is 1. The van der Waals surface area contributed by atoms with Crippen molar-refractivity contribution in [2.24, 2.45) is 17.8 Å². The lowest BCUT2D eigenvalue weighted by molar-refractivity contribution is 0.0503. The molecule has 0 aromatic heterocycles. The van der Waals surface area contributed by atoms with Gasteiger partial charge in [0.25, 0.3) is 0 Å². The highest BCUT2D eigenvalue weighted by Crippen LogP contribution is 2.23. The number of alkyl carbamates (subject to hydrolysis) is 1. The van der Waals surface area contributed by atoms with E-state index in [-0.39, 0.29) is 17.8 Å². The Kier molecular flexibility index (Phi) is 7.12. The van der Waals surface area contributed by atoms with Crippen LogP contribution in [0.1, 0.15) is 41.5 Å². The molecule has 4 heteroatoms. The molecule has 0 saturated heterocycles. The molecule has 112 valence electrons. The lowest BCUT2D eigenvalue weighted by Gasteiger charge is -2.29. The highest BCUT2D eigenvalue weighted by Gasteiger charge is 2.24. The maximum absolute atomic E-state index is 11.5. The summed E-state index contributed by atoms with van der Waals surface area (Å²) in [6.45, 7) is 15.7. The van der Waals surface area contributed by atoms with Crippen LogP contribution in [0.2, 0.25) is 0 Å². The van der Waals surface area contributed by atoms with Gasteiger partial charge in [-0.1, -0.05) is 26.8 Å². The normalized spacial score (nSPS) is 18.1. The summed E-state index contributed by atoms with van der Waals surface area (Å²) in [5.41, 5.74) is -0.481. The minimum Gasteiger partial charge on any atom is -0.444 e. The molecule has 2 N–H and O–H groups in total. The van der Waals surface area contributed by atoms with Gasteiger partial charge in [0.2, 0.25) is 0 Å². The summed E-state index contributed by atoms with van der Waals surface area (Å²) in [5.74, 6) is 0.619. The van der Waals surface area contributed by atoms with E-state index in [1.165, 1.54) is 0 Å². The molecule has 4 atom stereocenters. The number of hydrogen-bond donors (Lipinski definition) is 2. The van der Waals surface area contributed by atoms with Crippen LogP contribution in [0.5, 0.6) is 0 Å². The van der Waals surface area contributed by atoms with Gasteiger partial charge in [-0.15, -0.1) is 6.58 Å². The molecule has 0 fully saturated rings. The van der Waals surface area contributed by atoms with Crippen LogP contribution in [0.15, 0.2) is 12.7 Å². The Morgan fingerprint density at radius 3 is 2.26 bits per heavy atom. The van der Waals surface area contributed by atoms with Gasteiger partial charge >= 0.3 is 6.09 Å². The molecule has 4 nitrogen and oxygen atoms in total. The van der Waals surface area contributed by atoms with Crippen molar-refractivity contribution in [1.82, 2.24) is 5.32 Å². The largest absolute Gasteiger partial charge is 0.444 e. The molecule has 0 spiro atoms. The van der Waals surface area contributed by atoms with Crippen molar-refractivity contribution in [3.63, 3.8) is 0 Å². The number of hydrogen-bond acceptors (Lipinski definition) is 3. The van der Waals surface area contributed by atoms with Crippen molar-refractivity contribution in [1.29, 1.82) is 0 Å². The van der Waals surface area contributed by atoms with E-state index in [2.05, 4.69) is 18.8 Å². The highest BCUT2D eigenvalue weighted by atomic mass is 16.6. The summed E-state index contributed by atoms with van der Waals surface area (Å²) in [4.78, 5) is 11.5. The van der Waals surface area contributed by atoms with Crippen molar-refractivity contribution < 1.29 is 14.6 Å². The summed E-state index contributed by atoms with van der Waals surface area (Å²) < 4.78 is 5.18. The van der Waals surface area contributed by atoms with Crippen LogP contribution in [-0.2, 0) is 4.74 Å². The molecule has 19 heavy (non-hydrogen) atoms. The van der Waals surface area contributed by atoms with Crippen molar-refractivity contribution >= 4 is 6.09 Å². The van der Waals surface area contributed by atoms with E-state index in [4.69, 9.17) is 4.74 Å². The Labute approximate surface area is 117 Å². The van der Waals surface area contributed by atoms with Gasteiger partial charge in [0, 0.05) is 6.54 Å². The minimum absolute atomic E-state index is 0.105. The van der Waals surface area contributed by atoms with Gasteiger partial charge in [0.1, 0.15) is 5.60 Å². The summed E-state index contributed by atoms with van der Waals surface area (Å²) in [6.07, 6.45) is 0.636. The Morgan fingerprint density at radius 1 is 1.32 bits per heavy atom. The lowest BCUT2D eigenvalue weighted by Crippen LogP contribution is -2.37. The van der Waals surface area contributed by atoms with E-state index in [1.54, 1.807) is 6.08 Å². The van der Waals surface area contributed by atoms with E-state index in [0.29, 0.717) is 6.54 Å². The Morgan fingerprint density at radius 2 is 1.84 bits per heavy atom. The molecule has 0 aliphatic rings. The second-order valence-electron chi connectivity index (χ2n) is 6.30. The lowest BCUT2D eigenvalue weighted by atomic mass is 9.82. The molecule has 0 aliphatic heterocycles. The summed E-state index contributed by atoms with van der Waals surface area (Å²) in [7, 11) is 0. The van der Waals surface area contributed by atoms with E-state index in [0.717, 1.165) is 0 Å². The monoisotopic (exact) mass is 271 g/mol. The van der Waals surface area contributed by atoms with Crippen LogP contribution < -0.4 is 5.32 Å². The molecule has 0 aromatic carbocycles. The van der Waals surface area contributed by atoms with Crippen LogP contribution >= 0.6 is 0 Å². The SMILES string of the molecule is C=CC(O)[C@H](C)[C@H](C)[C@@H](C)CNC(=O)OC(C)(C)C. The number of carbonyl (C=O) groups excluding carboxylic acids is 1. The predicted molar refractivity (Wildman–Crippen MR) is 77.9 cm³/mol. The molecular weight excluding hydrogens is 242 g/mol. The third-order valence-corrected chi connectivity index (χ3v) is 3.47. The molecular formula is C15H29NO3. The third kappa shape index (κ3) is 7.21. The predicted octanol–water partition coefficient (Wildman–Crippen LogP) is 2.97. The smallest absolute Gasteiger partial charge is 0.407 e. The van der Waals surface area contributed by atoms with Gasteiger partial charge in [-0.05, 0) is 38.5 Å². The van der Waals surface area contributed by atoms with Gasteiger partial charge < -0.3 is 15.2 Å². The fraction of sp³-hybridized carbons (Fsp3) is 0.800.